The minimum atomic E-state index is 0.596. The monoisotopic (exact) mass is 298 g/mol. The highest BCUT2D eigenvalue weighted by molar-refractivity contribution is 4.89. The molecule has 0 amide bonds. The Bertz CT molecular complexity index is 270. The fraction of sp³-hybridized carbons (Fsp3) is 1.00. The van der Waals surface area contributed by atoms with Crippen molar-refractivity contribution in [2.24, 2.45) is 17.8 Å². The van der Waals surface area contributed by atoms with Gasteiger partial charge >= 0.3 is 0 Å². The molecule has 0 aromatic carbocycles. The average Bonchev–Trinajstić information content (AvgIpc) is 2.42. The van der Waals surface area contributed by atoms with Crippen LogP contribution in [0.5, 0.6) is 0 Å². The lowest BCUT2D eigenvalue weighted by molar-refractivity contribution is 0.0677. The number of ether oxygens (including phenoxy) is 1. The SMILES string of the molecule is CCCNC1CC(C)CC(C)C1CN(CCOC)C(C)C. The van der Waals surface area contributed by atoms with Crippen LogP contribution in [0.1, 0.15) is 53.9 Å². The van der Waals surface area contributed by atoms with E-state index in [0.717, 1.165) is 37.5 Å². The highest BCUT2D eigenvalue weighted by Gasteiger charge is 2.34. The minimum absolute atomic E-state index is 0.596. The summed E-state index contributed by atoms with van der Waals surface area (Å²) in [5, 5.41) is 3.82. The molecule has 0 aliphatic heterocycles. The van der Waals surface area contributed by atoms with Crippen molar-refractivity contribution in [1.29, 1.82) is 0 Å². The highest BCUT2D eigenvalue weighted by Crippen LogP contribution is 2.34. The first kappa shape index (κ1) is 18.9. The summed E-state index contributed by atoms with van der Waals surface area (Å²) in [6.07, 6.45) is 3.94. The summed E-state index contributed by atoms with van der Waals surface area (Å²) >= 11 is 0. The maximum absolute atomic E-state index is 5.29. The van der Waals surface area contributed by atoms with Gasteiger partial charge in [-0.05, 0) is 57.4 Å². The van der Waals surface area contributed by atoms with Crippen molar-refractivity contribution in [2.75, 3.05) is 33.4 Å². The van der Waals surface area contributed by atoms with E-state index >= 15 is 0 Å². The van der Waals surface area contributed by atoms with Gasteiger partial charge in [-0.3, -0.25) is 4.90 Å². The van der Waals surface area contributed by atoms with Crippen molar-refractivity contribution in [2.45, 2.75) is 66.0 Å². The Morgan fingerprint density at radius 1 is 1.24 bits per heavy atom. The molecule has 4 unspecified atom stereocenters. The quantitative estimate of drug-likeness (QED) is 0.706. The number of methoxy groups -OCH3 is 1. The Labute approximate surface area is 132 Å². The van der Waals surface area contributed by atoms with Gasteiger partial charge in [0.15, 0.2) is 0 Å². The topological polar surface area (TPSA) is 24.5 Å². The fourth-order valence-electron chi connectivity index (χ4n) is 3.82. The van der Waals surface area contributed by atoms with Crippen molar-refractivity contribution < 1.29 is 4.74 Å². The summed E-state index contributed by atoms with van der Waals surface area (Å²) in [6.45, 7) is 16.0. The molecular formula is C18H38N2O. The first-order chi connectivity index (χ1) is 9.99. The van der Waals surface area contributed by atoms with Gasteiger partial charge in [0.25, 0.3) is 0 Å². The average molecular weight is 299 g/mol. The van der Waals surface area contributed by atoms with Crippen molar-refractivity contribution in [3.63, 3.8) is 0 Å². The molecule has 3 heteroatoms. The molecule has 21 heavy (non-hydrogen) atoms. The molecule has 0 aromatic rings. The van der Waals surface area contributed by atoms with Gasteiger partial charge in [-0.15, -0.1) is 0 Å². The molecule has 1 saturated carbocycles. The molecule has 0 bridgehead atoms. The zero-order chi connectivity index (χ0) is 15.8. The lowest BCUT2D eigenvalue weighted by atomic mass is 9.72. The molecule has 0 spiro atoms. The van der Waals surface area contributed by atoms with Crippen LogP contribution in [0, 0.1) is 17.8 Å². The van der Waals surface area contributed by atoms with Gasteiger partial charge in [-0.2, -0.15) is 0 Å². The number of nitrogens with zero attached hydrogens (tertiary/aromatic N) is 1. The number of rotatable bonds is 9. The van der Waals surface area contributed by atoms with Crippen LogP contribution in [0.25, 0.3) is 0 Å². The van der Waals surface area contributed by atoms with Crippen molar-refractivity contribution in [3.05, 3.63) is 0 Å². The molecule has 1 N–H and O–H groups in total. The predicted octanol–water partition coefficient (Wildman–Crippen LogP) is 3.39. The lowest BCUT2D eigenvalue weighted by Gasteiger charge is -2.43. The van der Waals surface area contributed by atoms with Crippen LogP contribution in [0.4, 0.5) is 0 Å². The second kappa shape index (κ2) is 9.81. The zero-order valence-electron chi connectivity index (χ0n) is 15.2. The van der Waals surface area contributed by atoms with E-state index in [9.17, 15) is 0 Å². The number of nitrogens with one attached hydrogen (secondary N) is 1. The van der Waals surface area contributed by atoms with E-state index in [-0.39, 0.29) is 0 Å². The van der Waals surface area contributed by atoms with Crippen molar-refractivity contribution in [3.8, 4) is 0 Å². The normalized spacial score (nSPS) is 30.3. The molecule has 1 aliphatic rings. The van der Waals surface area contributed by atoms with E-state index in [1.807, 2.05) is 0 Å². The van der Waals surface area contributed by atoms with Gasteiger partial charge in [0, 0.05) is 32.3 Å². The first-order valence-corrected chi connectivity index (χ1v) is 8.95. The predicted molar refractivity (Wildman–Crippen MR) is 91.7 cm³/mol. The van der Waals surface area contributed by atoms with E-state index < -0.39 is 0 Å². The molecule has 1 rings (SSSR count). The van der Waals surface area contributed by atoms with Crippen molar-refractivity contribution in [1.82, 2.24) is 10.2 Å². The van der Waals surface area contributed by atoms with Gasteiger partial charge in [0.2, 0.25) is 0 Å². The number of hydrogen-bond donors (Lipinski definition) is 1. The second-order valence-corrected chi connectivity index (χ2v) is 7.36. The Morgan fingerprint density at radius 3 is 2.52 bits per heavy atom. The van der Waals surface area contributed by atoms with Gasteiger partial charge in [-0.1, -0.05) is 20.8 Å². The van der Waals surface area contributed by atoms with Crippen LogP contribution in [-0.2, 0) is 4.74 Å². The Morgan fingerprint density at radius 2 is 1.95 bits per heavy atom. The smallest absolute Gasteiger partial charge is 0.0589 e. The molecule has 0 heterocycles. The molecule has 1 aliphatic carbocycles. The standard InChI is InChI=1S/C18H38N2O/c1-7-8-19-18-12-15(4)11-16(5)17(18)13-20(14(2)3)9-10-21-6/h14-19H,7-13H2,1-6H3. The summed E-state index contributed by atoms with van der Waals surface area (Å²) in [4.78, 5) is 2.60. The summed E-state index contributed by atoms with van der Waals surface area (Å²) < 4.78 is 5.29. The Hall–Kier alpha value is -0.120. The van der Waals surface area contributed by atoms with Gasteiger partial charge in [0.05, 0.1) is 6.61 Å². The minimum Gasteiger partial charge on any atom is -0.383 e. The first-order valence-electron chi connectivity index (χ1n) is 8.95. The summed E-state index contributed by atoms with van der Waals surface area (Å²) in [5.74, 6) is 2.44. The van der Waals surface area contributed by atoms with E-state index in [1.54, 1.807) is 7.11 Å². The summed E-state index contributed by atoms with van der Waals surface area (Å²) in [7, 11) is 1.80. The van der Waals surface area contributed by atoms with E-state index in [0.29, 0.717) is 12.1 Å². The van der Waals surface area contributed by atoms with E-state index in [2.05, 4.69) is 44.8 Å². The highest BCUT2D eigenvalue weighted by atomic mass is 16.5. The zero-order valence-corrected chi connectivity index (χ0v) is 15.2. The van der Waals surface area contributed by atoms with Crippen LogP contribution in [0.2, 0.25) is 0 Å². The Balaban J connectivity index is 2.67. The lowest BCUT2D eigenvalue weighted by Crippen LogP contribution is -2.50. The van der Waals surface area contributed by atoms with Gasteiger partial charge in [-0.25, -0.2) is 0 Å². The molecule has 126 valence electrons. The van der Waals surface area contributed by atoms with Crippen LogP contribution in [-0.4, -0.2) is 50.3 Å². The molecule has 0 radical (unpaired) electrons. The fourth-order valence-corrected chi connectivity index (χ4v) is 3.82. The molecule has 0 aromatic heterocycles. The molecule has 0 saturated heterocycles. The number of hydrogen-bond acceptors (Lipinski definition) is 3. The van der Waals surface area contributed by atoms with E-state index in [4.69, 9.17) is 4.74 Å². The summed E-state index contributed by atoms with van der Waals surface area (Å²) in [6, 6.07) is 1.28. The van der Waals surface area contributed by atoms with Gasteiger partial charge < -0.3 is 10.1 Å². The Kier molecular flexibility index (Phi) is 8.84. The third kappa shape index (κ3) is 6.25. The van der Waals surface area contributed by atoms with E-state index in [1.165, 1.54) is 25.8 Å². The summed E-state index contributed by atoms with van der Waals surface area (Å²) in [5.41, 5.74) is 0. The van der Waals surface area contributed by atoms with Crippen LogP contribution < -0.4 is 5.32 Å². The largest absolute Gasteiger partial charge is 0.383 e. The van der Waals surface area contributed by atoms with Crippen molar-refractivity contribution >= 4 is 0 Å². The second-order valence-electron chi connectivity index (χ2n) is 7.36. The maximum Gasteiger partial charge on any atom is 0.0589 e. The van der Waals surface area contributed by atoms with Crippen LogP contribution in [0.3, 0.4) is 0 Å². The molecule has 1 fully saturated rings. The maximum atomic E-state index is 5.29. The third-order valence-electron chi connectivity index (χ3n) is 5.09. The third-order valence-corrected chi connectivity index (χ3v) is 5.09. The molecular weight excluding hydrogens is 260 g/mol. The van der Waals surface area contributed by atoms with Crippen LogP contribution >= 0.6 is 0 Å². The molecule has 4 atom stereocenters. The molecule has 3 nitrogen and oxygen atoms in total. The van der Waals surface area contributed by atoms with Gasteiger partial charge in [0.1, 0.15) is 0 Å². The van der Waals surface area contributed by atoms with Crippen LogP contribution in [0.15, 0.2) is 0 Å².